The van der Waals surface area contributed by atoms with Crippen LogP contribution in [0.15, 0.2) is 29.3 Å². The van der Waals surface area contributed by atoms with E-state index in [1.807, 2.05) is 0 Å². The van der Waals surface area contributed by atoms with E-state index in [1.165, 1.54) is 12.5 Å². The van der Waals surface area contributed by atoms with Gasteiger partial charge in [0.15, 0.2) is 0 Å². The number of oxazole rings is 1. The number of rotatable bonds is 1. The first-order valence-corrected chi connectivity index (χ1v) is 3.33. The van der Waals surface area contributed by atoms with Gasteiger partial charge in [0.2, 0.25) is 5.89 Å². The van der Waals surface area contributed by atoms with E-state index in [1.54, 1.807) is 12.4 Å². The molecule has 2 heterocycles. The fraction of sp³-hybridized carbons (Fsp3) is 0. The Morgan fingerprint density at radius 3 is 2.92 bits per heavy atom. The normalized spacial score (nSPS) is 10.1. The maximum absolute atomic E-state index is 5.42. The van der Waals surface area contributed by atoms with Gasteiger partial charge in [-0.15, -0.1) is 0 Å². The largest absolute Gasteiger partial charge is 0.443 e. The van der Waals surface area contributed by atoms with Crippen LogP contribution in [0.2, 0.25) is 0 Å². The maximum atomic E-state index is 5.42. The van der Waals surface area contributed by atoms with Crippen LogP contribution < -0.4 is 0 Å². The molecule has 2 radical (unpaired) electrons. The van der Waals surface area contributed by atoms with Crippen molar-refractivity contribution in [1.29, 1.82) is 0 Å². The Kier molecular flexibility index (Phi) is 1.59. The summed E-state index contributed by atoms with van der Waals surface area (Å²) in [7, 11) is 0. The molecule has 0 N–H and O–H groups in total. The third-order valence-corrected chi connectivity index (χ3v) is 1.30. The SMILES string of the molecule is [CH]c1cncc(-c2ncco2)n1. The molecule has 0 saturated heterocycles. The van der Waals surface area contributed by atoms with Gasteiger partial charge in [0.25, 0.3) is 0 Å². The first-order chi connectivity index (χ1) is 5.86. The van der Waals surface area contributed by atoms with E-state index >= 15 is 0 Å². The van der Waals surface area contributed by atoms with Gasteiger partial charge in [-0.05, 0) is 0 Å². The second-order valence-electron chi connectivity index (χ2n) is 2.17. The Bertz CT molecular complexity index is 370. The Morgan fingerprint density at radius 2 is 2.25 bits per heavy atom. The minimum atomic E-state index is 0.353. The minimum Gasteiger partial charge on any atom is -0.443 e. The van der Waals surface area contributed by atoms with Gasteiger partial charge in [-0.25, -0.2) is 9.97 Å². The van der Waals surface area contributed by atoms with Crippen molar-refractivity contribution >= 4 is 0 Å². The lowest BCUT2D eigenvalue weighted by Crippen LogP contribution is -1.88. The first kappa shape index (κ1) is 6.97. The fourth-order valence-corrected chi connectivity index (χ4v) is 0.834. The average molecular weight is 159 g/mol. The van der Waals surface area contributed by atoms with Gasteiger partial charge in [0, 0.05) is 13.1 Å². The second kappa shape index (κ2) is 2.73. The molecule has 2 rings (SSSR count). The molecular weight excluding hydrogens is 154 g/mol. The zero-order chi connectivity index (χ0) is 8.39. The van der Waals surface area contributed by atoms with Crippen LogP contribution in [-0.2, 0) is 0 Å². The van der Waals surface area contributed by atoms with Crippen molar-refractivity contribution in [2.45, 2.75) is 0 Å². The molecule has 0 aromatic carbocycles. The summed E-state index contributed by atoms with van der Waals surface area (Å²) in [6.45, 7) is 5.42. The smallest absolute Gasteiger partial charge is 0.246 e. The lowest BCUT2D eigenvalue weighted by molar-refractivity contribution is 0.571. The summed E-state index contributed by atoms with van der Waals surface area (Å²) in [5.74, 6) is 0.426. The molecule has 0 fully saturated rings. The molecule has 0 atom stereocenters. The molecule has 0 aliphatic heterocycles. The molecule has 2 aromatic heterocycles. The van der Waals surface area contributed by atoms with Crippen molar-refractivity contribution in [1.82, 2.24) is 15.0 Å². The van der Waals surface area contributed by atoms with Crippen LogP contribution in [0.5, 0.6) is 0 Å². The molecular formula is C8H5N3O. The highest BCUT2D eigenvalue weighted by Crippen LogP contribution is 2.12. The number of aromatic nitrogens is 3. The quantitative estimate of drug-likeness (QED) is 0.627. The van der Waals surface area contributed by atoms with Gasteiger partial charge in [-0.3, -0.25) is 4.98 Å². The highest BCUT2D eigenvalue weighted by molar-refractivity contribution is 5.44. The summed E-state index contributed by atoms with van der Waals surface area (Å²) in [5, 5.41) is 0. The van der Waals surface area contributed by atoms with Crippen LogP contribution in [0.3, 0.4) is 0 Å². The van der Waals surface area contributed by atoms with E-state index in [9.17, 15) is 0 Å². The third-order valence-electron chi connectivity index (χ3n) is 1.30. The summed E-state index contributed by atoms with van der Waals surface area (Å²) in [4.78, 5) is 11.7. The second-order valence-corrected chi connectivity index (χ2v) is 2.17. The third kappa shape index (κ3) is 1.18. The van der Waals surface area contributed by atoms with Crippen LogP contribution in [0, 0.1) is 6.92 Å². The Morgan fingerprint density at radius 1 is 1.33 bits per heavy atom. The standard InChI is InChI=1S/C8H5N3O/c1-6-4-9-5-7(11-6)8-10-2-3-12-8/h1-5H. The summed E-state index contributed by atoms with van der Waals surface area (Å²) in [5.41, 5.74) is 0.894. The predicted molar refractivity (Wildman–Crippen MR) is 40.9 cm³/mol. The zero-order valence-electron chi connectivity index (χ0n) is 6.14. The number of hydrogen-bond acceptors (Lipinski definition) is 4. The van der Waals surface area contributed by atoms with Crippen LogP contribution in [-0.4, -0.2) is 15.0 Å². The summed E-state index contributed by atoms with van der Waals surface area (Å²) in [6.07, 6.45) is 6.02. The van der Waals surface area contributed by atoms with Crippen molar-refractivity contribution in [3.63, 3.8) is 0 Å². The monoisotopic (exact) mass is 159 g/mol. The lowest BCUT2D eigenvalue weighted by atomic mass is 10.4. The molecule has 0 spiro atoms. The van der Waals surface area contributed by atoms with E-state index < -0.39 is 0 Å². The fourth-order valence-electron chi connectivity index (χ4n) is 0.834. The van der Waals surface area contributed by atoms with Crippen molar-refractivity contribution in [2.75, 3.05) is 0 Å². The summed E-state index contributed by atoms with van der Waals surface area (Å²) < 4.78 is 5.01. The maximum Gasteiger partial charge on any atom is 0.246 e. The topological polar surface area (TPSA) is 51.8 Å². The van der Waals surface area contributed by atoms with Crippen molar-refractivity contribution in [3.05, 3.63) is 37.5 Å². The Hall–Kier alpha value is -1.71. The molecule has 12 heavy (non-hydrogen) atoms. The highest BCUT2D eigenvalue weighted by atomic mass is 16.3. The van der Waals surface area contributed by atoms with Crippen LogP contribution in [0.25, 0.3) is 11.6 Å². The zero-order valence-corrected chi connectivity index (χ0v) is 6.14. The molecule has 0 saturated carbocycles. The predicted octanol–water partition coefficient (Wildman–Crippen LogP) is 1.19. The highest BCUT2D eigenvalue weighted by Gasteiger charge is 2.03. The molecule has 0 amide bonds. The van der Waals surface area contributed by atoms with Gasteiger partial charge in [-0.2, -0.15) is 0 Å². The molecule has 0 aliphatic carbocycles. The van der Waals surface area contributed by atoms with Crippen LogP contribution >= 0.6 is 0 Å². The molecule has 58 valence electrons. The Balaban J connectivity index is 2.48. The molecule has 2 aromatic rings. The van der Waals surface area contributed by atoms with E-state index in [0.717, 1.165) is 0 Å². The van der Waals surface area contributed by atoms with Crippen LogP contribution in [0.1, 0.15) is 5.69 Å². The van der Waals surface area contributed by atoms with E-state index in [-0.39, 0.29) is 0 Å². The number of hydrogen-bond donors (Lipinski definition) is 0. The molecule has 0 aliphatic rings. The van der Waals surface area contributed by atoms with E-state index in [4.69, 9.17) is 11.3 Å². The Labute approximate surface area is 69.3 Å². The summed E-state index contributed by atoms with van der Waals surface area (Å²) >= 11 is 0. The summed E-state index contributed by atoms with van der Waals surface area (Å²) in [6, 6.07) is 0. The van der Waals surface area contributed by atoms with Gasteiger partial charge < -0.3 is 4.42 Å². The van der Waals surface area contributed by atoms with Gasteiger partial charge in [0.05, 0.1) is 18.1 Å². The van der Waals surface area contributed by atoms with Crippen molar-refractivity contribution in [2.24, 2.45) is 0 Å². The van der Waals surface area contributed by atoms with E-state index in [2.05, 4.69) is 15.0 Å². The molecule has 0 unspecified atom stereocenters. The molecule has 4 nitrogen and oxygen atoms in total. The molecule has 0 bridgehead atoms. The average Bonchev–Trinajstić information content (AvgIpc) is 2.56. The minimum absolute atomic E-state index is 0.353. The van der Waals surface area contributed by atoms with Crippen LogP contribution in [0.4, 0.5) is 0 Å². The van der Waals surface area contributed by atoms with Crippen molar-refractivity contribution in [3.8, 4) is 11.6 Å². The first-order valence-electron chi connectivity index (χ1n) is 3.33. The van der Waals surface area contributed by atoms with Gasteiger partial charge >= 0.3 is 0 Å². The van der Waals surface area contributed by atoms with Gasteiger partial charge in [0.1, 0.15) is 12.0 Å². The lowest BCUT2D eigenvalue weighted by Gasteiger charge is -1.93. The number of nitrogens with zero attached hydrogens (tertiary/aromatic N) is 3. The molecule has 4 heteroatoms. The van der Waals surface area contributed by atoms with Crippen molar-refractivity contribution < 1.29 is 4.42 Å². The van der Waals surface area contributed by atoms with Gasteiger partial charge in [-0.1, -0.05) is 0 Å². The van der Waals surface area contributed by atoms with E-state index in [0.29, 0.717) is 17.3 Å².